The van der Waals surface area contributed by atoms with E-state index in [0.29, 0.717) is 6.04 Å². The van der Waals surface area contributed by atoms with Gasteiger partial charge in [0.25, 0.3) is 0 Å². The quantitative estimate of drug-likeness (QED) is 0.586. The SMILES string of the molecule is CN1CCCC(NCCCN)C1. The molecule has 1 fully saturated rings. The van der Waals surface area contributed by atoms with Crippen LogP contribution in [0.2, 0.25) is 0 Å². The molecular formula is C9H21N3. The molecule has 0 spiro atoms. The Bertz CT molecular complexity index is 116. The Hall–Kier alpha value is -0.120. The van der Waals surface area contributed by atoms with Gasteiger partial charge >= 0.3 is 0 Å². The van der Waals surface area contributed by atoms with Gasteiger partial charge in [0.1, 0.15) is 0 Å². The van der Waals surface area contributed by atoms with E-state index in [1.165, 1.54) is 25.9 Å². The number of nitrogens with one attached hydrogen (secondary N) is 1. The Morgan fingerprint density at radius 2 is 2.42 bits per heavy atom. The first-order valence-corrected chi connectivity index (χ1v) is 4.95. The molecular weight excluding hydrogens is 150 g/mol. The lowest BCUT2D eigenvalue weighted by Gasteiger charge is -2.30. The molecule has 1 atom stereocenters. The van der Waals surface area contributed by atoms with Gasteiger partial charge in [0.15, 0.2) is 0 Å². The molecule has 1 rings (SSSR count). The lowest BCUT2D eigenvalue weighted by molar-refractivity contribution is 0.227. The van der Waals surface area contributed by atoms with Crippen LogP contribution in [0.15, 0.2) is 0 Å². The summed E-state index contributed by atoms with van der Waals surface area (Å²) in [5.74, 6) is 0. The zero-order valence-electron chi connectivity index (χ0n) is 8.05. The van der Waals surface area contributed by atoms with Gasteiger partial charge in [0.2, 0.25) is 0 Å². The van der Waals surface area contributed by atoms with Crippen LogP contribution in [0.4, 0.5) is 0 Å². The average molecular weight is 171 g/mol. The Morgan fingerprint density at radius 3 is 3.08 bits per heavy atom. The second-order valence-electron chi connectivity index (χ2n) is 3.70. The molecule has 0 aliphatic carbocycles. The van der Waals surface area contributed by atoms with E-state index >= 15 is 0 Å². The number of hydrogen-bond acceptors (Lipinski definition) is 3. The number of nitrogens with two attached hydrogens (primary N) is 1. The van der Waals surface area contributed by atoms with E-state index in [4.69, 9.17) is 5.73 Å². The third-order valence-corrected chi connectivity index (χ3v) is 2.44. The molecule has 3 N–H and O–H groups in total. The van der Waals surface area contributed by atoms with Gasteiger partial charge in [-0.3, -0.25) is 0 Å². The van der Waals surface area contributed by atoms with Crippen molar-refractivity contribution in [2.45, 2.75) is 25.3 Å². The first-order chi connectivity index (χ1) is 5.83. The molecule has 0 aromatic carbocycles. The summed E-state index contributed by atoms with van der Waals surface area (Å²) in [5.41, 5.74) is 5.42. The van der Waals surface area contributed by atoms with Crippen LogP contribution in [0.5, 0.6) is 0 Å². The summed E-state index contributed by atoms with van der Waals surface area (Å²) in [6.07, 6.45) is 3.76. The normalized spacial score (nSPS) is 26.0. The first kappa shape index (κ1) is 9.96. The Morgan fingerprint density at radius 1 is 1.58 bits per heavy atom. The van der Waals surface area contributed by atoms with E-state index in [2.05, 4.69) is 17.3 Å². The minimum absolute atomic E-state index is 0.704. The maximum atomic E-state index is 5.42. The molecule has 72 valence electrons. The van der Waals surface area contributed by atoms with Crippen LogP contribution in [0.1, 0.15) is 19.3 Å². The van der Waals surface area contributed by atoms with Gasteiger partial charge in [0.05, 0.1) is 0 Å². The summed E-state index contributed by atoms with van der Waals surface area (Å²) >= 11 is 0. The van der Waals surface area contributed by atoms with Crippen LogP contribution < -0.4 is 11.1 Å². The van der Waals surface area contributed by atoms with Gasteiger partial charge in [0, 0.05) is 12.6 Å². The van der Waals surface area contributed by atoms with Crippen LogP contribution in [-0.2, 0) is 0 Å². The van der Waals surface area contributed by atoms with Crippen LogP contribution in [0.3, 0.4) is 0 Å². The predicted molar refractivity (Wildman–Crippen MR) is 52.2 cm³/mol. The van der Waals surface area contributed by atoms with Gasteiger partial charge in [-0.2, -0.15) is 0 Å². The zero-order chi connectivity index (χ0) is 8.81. The molecule has 1 aliphatic heterocycles. The summed E-state index contributed by atoms with van der Waals surface area (Å²) in [4.78, 5) is 2.39. The van der Waals surface area contributed by atoms with Crippen LogP contribution >= 0.6 is 0 Å². The minimum Gasteiger partial charge on any atom is -0.330 e. The molecule has 1 unspecified atom stereocenters. The smallest absolute Gasteiger partial charge is 0.0195 e. The molecule has 0 radical (unpaired) electrons. The van der Waals surface area contributed by atoms with Crippen molar-refractivity contribution in [2.75, 3.05) is 33.2 Å². The van der Waals surface area contributed by atoms with Crippen LogP contribution in [-0.4, -0.2) is 44.2 Å². The lowest BCUT2D eigenvalue weighted by Crippen LogP contribution is -2.44. The van der Waals surface area contributed by atoms with E-state index in [-0.39, 0.29) is 0 Å². The third-order valence-electron chi connectivity index (χ3n) is 2.44. The highest BCUT2D eigenvalue weighted by Gasteiger charge is 2.15. The van der Waals surface area contributed by atoms with Crippen LogP contribution in [0, 0.1) is 0 Å². The molecule has 0 aromatic rings. The van der Waals surface area contributed by atoms with E-state index < -0.39 is 0 Å². The average Bonchev–Trinajstić information content (AvgIpc) is 2.05. The van der Waals surface area contributed by atoms with E-state index in [0.717, 1.165) is 19.5 Å². The number of nitrogens with zero attached hydrogens (tertiary/aromatic N) is 1. The lowest BCUT2D eigenvalue weighted by atomic mass is 10.1. The van der Waals surface area contributed by atoms with Crippen molar-refractivity contribution in [3.05, 3.63) is 0 Å². The first-order valence-electron chi connectivity index (χ1n) is 4.95. The molecule has 0 bridgehead atoms. The molecule has 12 heavy (non-hydrogen) atoms. The molecule has 0 amide bonds. The standard InChI is InChI=1S/C9H21N3/c1-12-7-2-4-9(8-12)11-6-3-5-10/h9,11H,2-8,10H2,1H3. The van der Waals surface area contributed by atoms with Gasteiger partial charge in [-0.15, -0.1) is 0 Å². The monoisotopic (exact) mass is 171 g/mol. The largest absolute Gasteiger partial charge is 0.330 e. The third kappa shape index (κ3) is 3.52. The summed E-state index contributed by atoms with van der Waals surface area (Å²) < 4.78 is 0. The summed E-state index contributed by atoms with van der Waals surface area (Å²) in [6.45, 7) is 4.34. The van der Waals surface area contributed by atoms with Crippen molar-refractivity contribution >= 4 is 0 Å². The number of rotatable bonds is 4. The topological polar surface area (TPSA) is 41.3 Å². The van der Waals surface area contributed by atoms with Gasteiger partial charge in [-0.1, -0.05) is 0 Å². The predicted octanol–water partition coefficient (Wildman–Crippen LogP) is 0.0190. The molecule has 3 nitrogen and oxygen atoms in total. The second kappa shape index (κ2) is 5.51. The molecule has 1 aliphatic rings. The maximum Gasteiger partial charge on any atom is 0.0195 e. The van der Waals surface area contributed by atoms with Gasteiger partial charge < -0.3 is 16.0 Å². The number of hydrogen-bond donors (Lipinski definition) is 2. The molecule has 0 saturated carbocycles. The Kier molecular flexibility index (Phi) is 4.58. The van der Waals surface area contributed by atoms with Crippen molar-refractivity contribution in [1.82, 2.24) is 10.2 Å². The Balaban J connectivity index is 2.06. The van der Waals surface area contributed by atoms with Crippen molar-refractivity contribution < 1.29 is 0 Å². The highest BCUT2D eigenvalue weighted by Crippen LogP contribution is 2.07. The van der Waals surface area contributed by atoms with Gasteiger partial charge in [-0.05, 0) is 45.9 Å². The summed E-state index contributed by atoms with van der Waals surface area (Å²) in [6, 6.07) is 0.704. The Labute approximate surface area is 75.3 Å². The van der Waals surface area contributed by atoms with Gasteiger partial charge in [-0.25, -0.2) is 0 Å². The molecule has 1 saturated heterocycles. The van der Waals surface area contributed by atoms with E-state index in [1.54, 1.807) is 0 Å². The fourth-order valence-electron chi connectivity index (χ4n) is 1.74. The van der Waals surface area contributed by atoms with Crippen molar-refractivity contribution in [3.63, 3.8) is 0 Å². The highest BCUT2D eigenvalue weighted by atomic mass is 15.1. The highest BCUT2D eigenvalue weighted by molar-refractivity contribution is 4.75. The van der Waals surface area contributed by atoms with Crippen molar-refractivity contribution in [3.8, 4) is 0 Å². The number of likely N-dealkylation sites (tertiary alicyclic amines) is 1. The fraction of sp³-hybridized carbons (Fsp3) is 1.00. The molecule has 3 heteroatoms. The molecule has 0 aromatic heterocycles. The number of likely N-dealkylation sites (N-methyl/N-ethyl adjacent to an activating group) is 1. The van der Waals surface area contributed by atoms with Crippen molar-refractivity contribution in [1.29, 1.82) is 0 Å². The van der Waals surface area contributed by atoms with E-state index in [1.807, 2.05) is 0 Å². The van der Waals surface area contributed by atoms with Crippen molar-refractivity contribution in [2.24, 2.45) is 5.73 Å². The maximum absolute atomic E-state index is 5.42. The van der Waals surface area contributed by atoms with E-state index in [9.17, 15) is 0 Å². The second-order valence-corrected chi connectivity index (χ2v) is 3.70. The minimum atomic E-state index is 0.704. The van der Waals surface area contributed by atoms with Crippen LogP contribution in [0.25, 0.3) is 0 Å². The fourth-order valence-corrected chi connectivity index (χ4v) is 1.74. The molecule has 1 heterocycles. The zero-order valence-corrected chi connectivity index (χ0v) is 8.05. The summed E-state index contributed by atoms with van der Waals surface area (Å²) in [7, 11) is 2.19. The summed E-state index contributed by atoms with van der Waals surface area (Å²) in [5, 5.41) is 3.53. The number of piperidine rings is 1.